The maximum atomic E-state index is 5.35. The number of hydrogen-bond acceptors (Lipinski definition) is 2. The molecule has 0 bridgehead atoms. The molecule has 0 atom stereocenters. The number of nitrogens with zero attached hydrogens (tertiary/aromatic N) is 2. The van der Waals surface area contributed by atoms with Crippen LogP contribution in [0.4, 0.5) is 0 Å². The minimum absolute atomic E-state index is 0.729. The Morgan fingerprint density at radius 3 is 1.63 bits per heavy atom. The molecule has 0 fully saturated rings. The molecule has 0 saturated carbocycles. The average molecular weight is 585 g/mol. The molecular weight excluding hydrogens is 556 g/mol. The third-order valence-corrected chi connectivity index (χ3v) is 9.05. The van der Waals surface area contributed by atoms with Crippen LogP contribution in [0.2, 0.25) is 0 Å². The number of rotatable bonds is 4. The summed E-state index contributed by atoms with van der Waals surface area (Å²) in [5.41, 5.74) is 7.40. The van der Waals surface area contributed by atoms with Crippen molar-refractivity contribution in [2.45, 2.75) is 0 Å². The quantitative estimate of drug-likeness (QED) is 0.152. The van der Waals surface area contributed by atoms with Crippen molar-refractivity contribution in [3.8, 4) is 45.0 Å². The zero-order valence-corrected chi connectivity index (χ0v) is 25.1. The lowest BCUT2D eigenvalue weighted by atomic mass is 9.92. The molecule has 0 radical (unpaired) electrons. The van der Waals surface area contributed by atoms with E-state index in [1.165, 1.54) is 48.8 Å². The van der Waals surface area contributed by atoms with Gasteiger partial charge in [-0.15, -0.1) is 0 Å². The third-order valence-electron chi connectivity index (χ3n) is 9.05. The van der Waals surface area contributed by atoms with Gasteiger partial charge >= 0.3 is 0 Å². The lowest BCUT2D eigenvalue weighted by Crippen LogP contribution is -1.98. The Kier molecular flexibility index (Phi) is 6.17. The van der Waals surface area contributed by atoms with Crippen LogP contribution in [0.25, 0.3) is 88.1 Å². The molecule has 0 spiro atoms. The van der Waals surface area contributed by atoms with Gasteiger partial charge < -0.3 is 0 Å². The highest BCUT2D eigenvalue weighted by Crippen LogP contribution is 2.40. The van der Waals surface area contributed by atoms with Crippen LogP contribution in [0.1, 0.15) is 0 Å². The van der Waals surface area contributed by atoms with E-state index >= 15 is 0 Å². The summed E-state index contributed by atoms with van der Waals surface area (Å²) in [7, 11) is 0. The van der Waals surface area contributed by atoms with Crippen molar-refractivity contribution in [1.29, 1.82) is 0 Å². The van der Waals surface area contributed by atoms with Crippen molar-refractivity contribution in [3.63, 3.8) is 0 Å². The van der Waals surface area contributed by atoms with Gasteiger partial charge in [0.1, 0.15) is 0 Å². The van der Waals surface area contributed by atoms with E-state index in [2.05, 4.69) is 164 Å². The van der Waals surface area contributed by atoms with E-state index in [1.54, 1.807) is 0 Å². The molecule has 0 saturated heterocycles. The zero-order valence-electron chi connectivity index (χ0n) is 25.1. The Balaban J connectivity index is 1.29. The van der Waals surface area contributed by atoms with Crippen LogP contribution in [-0.2, 0) is 0 Å². The van der Waals surface area contributed by atoms with Gasteiger partial charge in [-0.3, -0.25) is 0 Å². The molecule has 9 rings (SSSR count). The topological polar surface area (TPSA) is 25.8 Å². The van der Waals surface area contributed by atoms with Gasteiger partial charge in [-0.05, 0) is 61.0 Å². The lowest BCUT2D eigenvalue weighted by molar-refractivity contribution is 1.19. The predicted octanol–water partition coefficient (Wildman–Crippen LogP) is 11.8. The van der Waals surface area contributed by atoms with E-state index in [1.807, 2.05) is 6.07 Å². The first kappa shape index (κ1) is 26.3. The molecule has 2 nitrogen and oxygen atoms in total. The van der Waals surface area contributed by atoms with Crippen molar-refractivity contribution in [3.05, 3.63) is 170 Å². The molecule has 2 heteroatoms. The largest absolute Gasteiger partial charge is 0.228 e. The summed E-state index contributed by atoms with van der Waals surface area (Å²) < 4.78 is 0. The monoisotopic (exact) mass is 584 g/mol. The fourth-order valence-corrected chi connectivity index (χ4v) is 6.83. The van der Waals surface area contributed by atoms with E-state index in [0.29, 0.717) is 0 Å². The molecule has 9 aromatic rings. The summed E-state index contributed by atoms with van der Waals surface area (Å²) in [5.74, 6) is 0.729. The van der Waals surface area contributed by atoms with Crippen LogP contribution in [0.3, 0.4) is 0 Å². The van der Waals surface area contributed by atoms with Crippen molar-refractivity contribution in [2.75, 3.05) is 0 Å². The molecule has 1 aromatic heterocycles. The summed E-state index contributed by atoms with van der Waals surface area (Å²) in [6.45, 7) is 0. The molecule has 46 heavy (non-hydrogen) atoms. The maximum Gasteiger partial charge on any atom is 0.161 e. The Morgan fingerprint density at radius 1 is 0.326 bits per heavy atom. The fourth-order valence-electron chi connectivity index (χ4n) is 6.83. The third kappa shape index (κ3) is 4.43. The second-order valence-corrected chi connectivity index (χ2v) is 11.8. The predicted molar refractivity (Wildman–Crippen MR) is 194 cm³/mol. The maximum absolute atomic E-state index is 5.35. The Bertz CT molecular complexity index is 2560. The average Bonchev–Trinajstić information content (AvgIpc) is 3.14. The van der Waals surface area contributed by atoms with E-state index in [0.717, 1.165) is 39.3 Å². The van der Waals surface area contributed by atoms with Crippen molar-refractivity contribution < 1.29 is 0 Å². The molecular formula is C44H28N2. The van der Waals surface area contributed by atoms with Crippen molar-refractivity contribution in [2.24, 2.45) is 0 Å². The highest BCUT2D eigenvalue weighted by Gasteiger charge is 2.18. The van der Waals surface area contributed by atoms with Gasteiger partial charge in [-0.2, -0.15) is 0 Å². The zero-order chi connectivity index (χ0) is 30.5. The van der Waals surface area contributed by atoms with Crippen LogP contribution < -0.4 is 0 Å². The first-order chi connectivity index (χ1) is 22.8. The first-order valence-electron chi connectivity index (χ1n) is 15.7. The summed E-state index contributed by atoms with van der Waals surface area (Å²) in [6.07, 6.45) is 0. The summed E-state index contributed by atoms with van der Waals surface area (Å²) in [5, 5.41) is 9.59. The fraction of sp³-hybridized carbons (Fsp3) is 0. The minimum Gasteiger partial charge on any atom is -0.228 e. The molecule has 0 amide bonds. The van der Waals surface area contributed by atoms with Gasteiger partial charge in [-0.1, -0.05) is 158 Å². The Labute approximate surface area is 267 Å². The van der Waals surface area contributed by atoms with Gasteiger partial charge in [0.25, 0.3) is 0 Å². The van der Waals surface area contributed by atoms with Crippen LogP contribution in [-0.4, -0.2) is 9.97 Å². The Hall–Kier alpha value is -6.12. The summed E-state index contributed by atoms with van der Waals surface area (Å²) in [4.78, 5) is 10.6. The molecule has 0 aliphatic carbocycles. The summed E-state index contributed by atoms with van der Waals surface area (Å²) >= 11 is 0. The molecule has 0 aliphatic rings. The highest BCUT2D eigenvalue weighted by atomic mass is 14.9. The molecule has 0 N–H and O–H groups in total. The highest BCUT2D eigenvalue weighted by molar-refractivity contribution is 6.21. The number of aromatic nitrogens is 2. The molecule has 0 unspecified atom stereocenters. The van der Waals surface area contributed by atoms with Crippen molar-refractivity contribution in [1.82, 2.24) is 9.97 Å². The SMILES string of the molecule is c1ccc(-c2cc(-c3ccc(-c4cccc5ccccc45)cc3)nc(-c3c4ccccc4cc4ccc5ccccc5c34)n2)cc1. The van der Waals surface area contributed by atoms with Crippen molar-refractivity contribution >= 4 is 43.1 Å². The summed E-state index contributed by atoms with van der Waals surface area (Å²) in [6, 6.07) is 60.3. The molecule has 214 valence electrons. The van der Waals surface area contributed by atoms with Gasteiger partial charge in [0.2, 0.25) is 0 Å². The van der Waals surface area contributed by atoms with Gasteiger partial charge in [-0.25, -0.2) is 9.97 Å². The van der Waals surface area contributed by atoms with E-state index in [9.17, 15) is 0 Å². The van der Waals surface area contributed by atoms with Crippen LogP contribution in [0.5, 0.6) is 0 Å². The first-order valence-corrected chi connectivity index (χ1v) is 15.7. The van der Waals surface area contributed by atoms with E-state index < -0.39 is 0 Å². The number of hydrogen-bond donors (Lipinski definition) is 0. The Morgan fingerprint density at radius 2 is 0.870 bits per heavy atom. The number of fused-ring (bicyclic) bond motifs is 5. The van der Waals surface area contributed by atoms with E-state index in [-0.39, 0.29) is 0 Å². The second kappa shape index (κ2) is 10.8. The lowest BCUT2D eigenvalue weighted by Gasteiger charge is -2.15. The van der Waals surface area contributed by atoms with Gasteiger partial charge in [0, 0.05) is 22.1 Å². The molecule has 0 aliphatic heterocycles. The van der Waals surface area contributed by atoms with Crippen LogP contribution >= 0.6 is 0 Å². The molecule has 8 aromatic carbocycles. The normalized spacial score (nSPS) is 11.5. The minimum atomic E-state index is 0.729. The number of benzene rings is 8. The van der Waals surface area contributed by atoms with Gasteiger partial charge in [0.15, 0.2) is 5.82 Å². The second-order valence-electron chi connectivity index (χ2n) is 11.8. The smallest absolute Gasteiger partial charge is 0.161 e. The van der Waals surface area contributed by atoms with E-state index in [4.69, 9.17) is 9.97 Å². The van der Waals surface area contributed by atoms with Crippen LogP contribution in [0, 0.1) is 0 Å². The molecule has 1 heterocycles. The standard InChI is InChI=1S/C44H28N2/c1-2-13-32(14-3-1)40-28-41(33-24-21-31(22-25-33)37-20-10-16-29-11-4-7-17-36(29)37)46-44(45-40)43-39-19-9-6-15-34(39)27-35-26-23-30-12-5-8-18-38(30)42(35)43/h1-28H. The van der Waals surface area contributed by atoms with Gasteiger partial charge in [0.05, 0.1) is 11.4 Å². The van der Waals surface area contributed by atoms with Crippen LogP contribution in [0.15, 0.2) is 170 Å².